The van der Waals surface area contributed by atoms with Gasteiger partial charge in [-0.1, -0.05) is 12.2 Å². The van der Waals surface area contributed by atoms with E-state index in [1.165, 1.54) is 0 Å². The fourth-order valence-electron chi connectivity index (χ4n) is 4.41. The number of methoxy groups -OCH3 is 1. The van der Waals surface area contributed by atoms with Crippen molar-refractivity contribution in [3.8, 4) is 5.75 Å². The molecule has 4 atom stereocenters. The zero-order valence-electron chi connectivity index (χ0n) is 17.5. The van der Waals surface area contributed by atoms with Gasteiger partial charge >= 0.3 is 5.97 Å². The highest BCUT2D eigenvalue weighted by molar-refractivity contribution is 5.80. The molecule has 0 saturated carbocycles. The van der Waals surface area contributed by atoms with E-state index < -0.39 is 5.97 Å². The number of amides is 1. The number of aliphatic carboxylic acids is 1. The number of benzene rings is 1. The highest BCUT2D eigenvalue weighted by Crippen LogP contribution is 2.44. The van der Waals surface area contributed by atoms with Crippen LogP contribution in [0.15, 0.2) is 36.4 Å². The van der Waals surface area contributed by atoms with Gasteiger partial charge in [-0.25, -0.2) is 0 Å². The van der Waals surface area contributed by atoms with Crippen LogP contribution in [0.25, 0.3) is 0 Å². The molecule has 0 radical (unpaired) electrons. The van der Waals surface area contributed by atoms with Crippen molar-refractivity contribution in [1.82, 2.24) is 5.32 Å². The third-order valence-corrected chi connectivity index (χ3v) is 6.00. The Labute approximate surface area is 177 Å². The second-order valence-electron chi connectivity index (χ2n) is 8.00. The molecule has 2 aliphatic rings. The minimum absolute atomic E-state index is 0.0310. The summed E-state index contributed by atoms with van der Waals surface area (Å²) in [7, 11) is 1.62. The summed E-state index contributed by atoms with van der Waals surface area (Å²) in [5.74, 6) is 0.744. The van der Waals surface area contributed by atoms with Gasteiger partial charge in [0.05, 0.1) is 25.9 Å². The van der Waals surface area contributed by atoms with Crippen LogP contribution in [0, 0.1) is 11.8 Å². The number of allylic oxidation sites excluding steroid dienone is 2. The van der Waals surface area contributed by atoms with Gasteiger partial charge in [-0.3, -0.25) is 9.59 Å². The summed E-state index contributed by atoms with van der Waals surface area (Å²) < 4.78 is 11.2. The summed E-state index contributed by atoms with van der Waals surface area (Å²) in [6.45, 7) is 0.851. The second kappa shape index (κ2) is 11.0. The van der Waals surface area contributed by atoms with Gasteiger partial charge in [0.2, 0.25) is 5.91 Å². The molecule has 30 heavy (non-hydrogen) atoms. The normalized spacial score (nSPS) is 24.8. The standard InChI is InChI=1S/C23H32N2O5/c1-29-17-10-8-16(9-11-17)24-15-22(26)25-14-19-18(20-12-13-21(19)30-20)6-4-2-3-5-7-23(27)28/h2,4,8-11,18-21,24H,3,5-7,12-15H2,1H3,(H,25,26)(H,27,28)/b4-2+. The predicted octanol–water partition coefficient (Wildman–Crippen LogP) is 3.22. The zero-order valence-corrected chi connectivity index (χ0v) is 17.5. The third kappa shape index (κ3) is 6.23. The average molecular weight is 417 g/mol. The molecular weight excluding hydrogens is 384 g/mol. The van der Waals surface area contributed by atoms with Gasteiger partial charge in [0.25, 0.3) is 0 Å². The van der Waals surface area contributed by atoms with E-state index in [-0.39, 0.29) is 31.1 Å². The van der Waals surface area contributed by atoms with Crippen molar-refractivity contribution < 1.29 is 24.2 Å². The molecular formula is C23H32N2O5. The molecule has 0 aliphatic carbocycles. The number of unbranched alkanes of at least 4 members (excludes halogenated alkanes) is 1. The number of carboxylic acid groups (broad SMARTS) is 1. The van der Waals surface area contributed by atoms with Crippen LogP contribution in [0.5, 0.6) is 5.75 Å². The maximum Gasteiger partial charge on any atom is 0.303 e. The first-order valence-corrected chi connectivity index (χ1v) is 10.7. The van der Waals surface area contributed by atoms with E-state index in [0.29, 0.717) is 24.8 Å². The summed E-state index contributed by atoms with van der Waals surface area (Å²) >= 11 is 0. The molecule has 2 bridgehead atoms. The summed E-state index contributed by atoms with van der Waals surface area (Å²) in [6, 6.07) is 7.47. The van der Waals surface area contributed by atoms with Crippen LogP contribution in [-0.4, -0.2) is 49.4 Å². The van der Waals surface area contributed by atoms with Gasteiger partial charge in [-0.15, -0.1) is 0 Å². The van der Waals surface area contributed by atoms with Crippen molar-refractivity contribution in [2.75, 3.05) is 25.5 Å². The number of rotatable bonds is 12. The molecule has 2 heterocycles. The molecule has 1 aromatic rings. The van der Waals surface area contributed by atoms with Gasteiger partial charge < -0.3 is 25.2 Å². The van der Waals surface area contributed by atoms with Crippen LogP contribution in [0.2, 0.25) is 0 Å². The number of carbonyl (C=O) groups is 2. The number of fused-ring (bicyclic) bond motifs is 2. The number of anilines is 1. The Kier molecular flexibility index (Phi) is 8.13. The van der Waals surface area contributed by atoms with Crippen molar-refractivity contribution in [1.29, 1.82) is 0 Å². The Morgan fingerprint density at radius 2 is 1.90 bits per heavy atom. The van der Waals surface area contributed by atoms with E-state index in [0.717, 1.165) is 37.1 Å². The predicted molar refractivity (Wildman–Crippen MR) is 115 cm³/mol. The highest BCUT2D eigenvalue weighted by Gasteiger charge is 2.47. The largest absolute Gasteiger partial charge is 0.497 e. The quantitative estimate of drug-likeness (QED) is 0.358. The Morgan fingerprint density at radius 3 is 2.60 bits per heavy atom. The smallest absolute Gasteiger partial charge is 0.303 e. The number of hydrogen-bond acceptors (Lipinski definition) is 5. The molecule has 7 heteroatoms. The van der Waals surface area contributed by atoms with Gasteiger partial charge in [0, 0.05) is 24.6 Å². The van der Waals surface area contributed by atoms with Crippen LogP contribution < -0.4 is 15.4 Å². The van der Waals surface area contributed by atoms with Gasteiger partial charge in [0.1, 0.15) is 5.75 Å². The lowest BCUT2D eigenvalue weighted by atomic mass is 9.77. The van der Waals surface area contributed by atoms with Crippen LogP contribution in [0.4, 0.5) is 5.69 Å². The minimum atomic E-state index is -0.748. The summed E-state index contributed by atoms with van der Waals surface area (Å²) in [5.41, 5.74) is 0.875. The first-order chi connectivity index (χ1) is 14.6. The van der Waals surface area contributed by atoms with E-state index in [1.807, 2.05) is 24.3 Å². The lowest BCUT2D eigenvalue weighted by Crippen LogP contribution is -2.40. The molecule has 7 nitrogen and oxygen atoms in total. The average Bonchev–Trinajstić information content (AvgIpc) is 3.35. The molecule has 1 aromatic carbocycles. The number of carboxylic acids is 1. The molecule has 1 amide bonds. The lowest BCUT2D eigenvalue weighted by molar-refractivity contribution is -0.137. The molecule has 2 fully saturated rings. The number of ether oxygens (including phenoxy) is 2. The molecule has 0 spiro atoms. The Balaban J connectivity index is 1.40. The minimum Gasteiger partial charge on any atom is -0.497 e. The van der Waals surface area contributed by atoms with Crippen LogP contribution in [0.3, 0.4) is 0 Å². The van der Waals surface area contributed by atoms with E-state index in [9.17, 15) is 9.59 Å². The van der Waals surface area contributed by atoms with Crippen molar-refractivity contribution in [2.45, 2.75) is 50.7 Å². The Hall–Kier alpha value is -2.54. The first kappa shape index (κ1) is 22.2. The van der Waals surface area contributed by atoms with E-state index >= 15 is 0 Å². The molecule has 3 rings (SSSR count). The molecule has 2 saturated heterocycles. The van der Waals surface area contributed by atoms with Crippen LogP contribution >= 0.6 is 0 Å². The fourth-order valence-corrected chi connectivity index (χ4v) is 4.41. The van der Waals surface area contributed by atoms with Crippen molar-refractivity contribution in [2.24, 2.45) is 11.8 Å². The molecule has 4 unspecified atom stereocenters. The van der Waals surface area contributed by atoms with E-state index in [1.54, 1.807) is 7.11 Å². The van der Waals surface area contributed by atoms with E-state index in [4.69, 9.17) is 14.6 Å². The fraction of sp³-hybridized carbons (Fsp3) is 0.565. The number of nitrogens with one attached hydrogen (secondary N) is 2. The topological polar surface area (TPSA) is 96.9 Å². The molecule has 2 aliphatic heterocycles. The van der Waals surface area contributed by atoms with Gasteiger partial charge in [0.15, 0.2) is 0 Å². The number of hydrogen-bond donors (Lipinski definition) is 3. The summed E-state index contributed by atoms with van der Waals surface area (Å²) in [5, 5.41) is 14.9. The van der Waals surface area contributed by atoms with Crippen LogP contribution in [-0.2, 0) is 14.3 Å². The monoisotopic (exact) mass is 416 g/mol. The number of carbonyl (C=O) groups excluding carboxylic acids is 1. The van der Waals surface area contributed by atoms with Crippen molar-refractivity contribution in [3.05, 3.63) is 36.4 Å². The SMILES string of the molecule is COc1ccc(NCC(=O)NCC2C3CCC(O3)C2C/C=C/CCCC(=O)O)cc1. The molecule has 3 N–H and O–H groups in total. The molecule has 164 valence electrons. The maximum atomic E-state index is 12.3. The van der Waals surface area contributed by atoms with Crippen molar-refractivity contribution >= 4 is 17.6 Å². The summed E-state index contributed by atoms with van der Waals surface area (Å²) in [4.78, 5) is 22.9. The van der Waals surface area contributed by atoms with Gasteiger partial charge in [-0.2, -0.15) is 0 Å². The first-order valence-electron chi connectivity index (χ1n) is 10.7. The Bertz CT molecular complexity index is 734. The maximum absolute atomic E-state index is 12.3. The molecule has 0 aromatic heterocycles. The van der Waals surface area contributed by atoms with Crippen molar-refractivity contribution in [3.63, 3.8) is 0 Å². The zero-order chi connectivity index (χ0) is 21.3. The second-order valence-corrected chi connectivity index (χ2v) is 8.00. The third-order valence-electron chi connectivity index (χ3n) is 6.00. The van der Waals surface area contributed by atoms with Crippen LogP contribution in [0.1, 0.15) is 38.5 Å². The lowest BCUT2D eigenvalue weighted by Gasteiger charge is -2.27. The van der Waals surface area contributed by atoms with Gasteiger partial charge in [-0.05, 0) is 62.3 Å². The summed E-state index contributed by atoms with van der Waals surface area (Å²) in [6.07, 6.45) is 9.46. The highest BCUT2D eigenvalue weighted by atomic mass is 16.5. The van der Waals surface area contributed by atoms with E-state index in [2.05, 4.69) is 22.8 Å². The Morgan fingerprint density at radius 1 is 1.17 bits per heavy atom.